The fraction of sp³-hybridized carbons (Fsp3) is 0.722. The molecule has 1 N–H and O–H groups in total. The van der Waals surface area contributed by atoms with Gasteiger partial charge in [-0.25, -0.2) is 4.98 Å². The number of pyridine rings is 1. The van der Waals surface area contributed by atoms with Gasteiger partial charge in [-0.15, -0.1) is 0 Å². The van der Waals surface area contributed by atoms with Gasteiger partial charge in [-0.1, -0.05) is 33.3 Å². The minimum Gasteiger partial charge on any atom is -0.370 e. The third kappa shape index (κ3) is 4.99. The van der Waals surface area contributed by atoms with Crippen LogP contribution in [0.5, 0.6) is 0 Å². The maximum absolute atomic E-state index is 4.52. The molecule has 0 aliphatic carbocycles. The van der Waals surface area contributed by atoms with Crippen LogP contribution < -0.4 is 5.32 Å². The van der Waals surface area contributed by atoms with Crippen molar-refractivity contribution in [1.82, 2.24) is 9.88 Å². The highest BCUT2D eigenvalue weighted by Crippen LogP contribution is 2.22. The molecule has 0 radical (unpaired) electrons. The molecule has 21 heavy (non-hydrogen) atoms. The highest BCUT2D eigenvalue weighted by Gasteiger charge is 2.17. The molecule has 1 saturated heterocycles. The van der Waals surface area contributed by atoms with E-state index in [1.807, 2.05) is 6.20 Å². The lowest BCUT2D eigenvalue weighted by Crippen LogP contribution is -2.38. The number of rotatable bonds is 5. The van der Waals surface area contributed by atoms with E-state index in [0.29, 0.717) is 0 Å². The van der Waals surface area contributed by atoms with Crippen LogP contribution in [0, 0.1) is 0 Å². The number of anilines is 1. The monoisotopic (exact) mass is 289 g/mol. The van der Waals surface area contributed by atoms with E-state index in [9.17, 15) is 0 Å². The Balaban J connectivity index is 1.71. The maximum atomic E-state index is 4.52. The molecule has 0 amide bonds. The van der Waals surface area contributed by atoms with Crippen LogP contribution in [0.1, 0.15) is 58.9 Å². The van der Waals surface area contributed by atoms with E-state index in [1.54, 1.807) is 0 Å². The topological polar surface area (TPSA) is 28.2 Å². The van der Waals surface area contributed by atoms with Crippen molar-refractivity contribution in [3.8, 4) is 0 Å². The normalized spacial score (nSPS) is 20.5. The number of hydrogen-bond acceptors (Lipinski definition) is 3. The summed E-state index contributed by atoms with van der Waals surface area (Å²) in [6.07, 6.45) is 7.32. The Morgan fingerprint density at radius 1 is 1.29 bits per heavy atom. The smallest absolute Gasteiger partial charge is 0.125 e. The number of nitrogens with one attached hydrogen (secondary N) is 1. The van der Waals surface area contributed by atoms with Gasteiger partial charge < -0.3 is 10.2 Å². The summed E-state index contributed by atoms with van der Waals surface area (Å²) >= 11 is 0. The van der Waals surface area contributed by atoms with Gasteiger partial charge in [0.15, 0.2) is 0 Å². The largest absolute Gasteiger partial charge is 0.370 e. The summed E-state index contributed by atoms with van der Waals surface area (Å²) < 4.78 is 0. The molecule has 0 aromatic carbocycles. The molecule has 3 nitrogen and oxygen atoms in total. The van der Waals surface area contributed by atoms with Gasteiger partial charge in [0.25, 0.3) is 0 Å². The second kappa shape index (κ2) is 7.26. The van der Waals surface area contributed by atoms with Gasteiger partial charge >= 0.3 is 0 Å². The van der Waals surface area contributed by atoms with Crippen molar-refractivity contribution in [2.24, 2.45) is 0 Å². The quantitative estimate of drug-likeness (QED) is 0.829. The summed E-state index contributed by atoms with van der Waals surface area (Å²) in [5, 5.41) is 3.44. The lowest BCUT2D eigenvalue weighted by Gasteiger charge is -2.33. The Labute approximate surface area is 130 Å². The second-order valence-electron chi connectivity index (χ2n) is 7.34. The predicted octanol–water partition coefficient (Wildman–Crippen LogP) is 4.06. The fourth-order valence-corrected chi connectivity index (χ4v) is 2.93. The number of aromatic nitrogens is 1. The Hall–Kier alpha value is -1.09. The Bertz CT molecular complexity index is 419. The van der Waals surface area contributed by atoms with E-state index in [-0.39, 0.29) is 5.41 Å². The van der Waals surface area contributed by atoms with E-state index in [1.165, 1.54) is 44.3 Å². The van der Waals surface area contributed by atoms with Gasteiger partial charge in [-0.2, -0.15) is 0 Å². The molecule has 1 fully saturated rings. The summed E-state index contributed by atoms with van der Waals surface area (Å²) in [4.78, 5) is 7.15. The number of hydrogen-bond donors (Lipinski definition) is 1. The summed E-state index contributed by atoms with van der Waals surface area (Å²) in [6, 6.07) is 5.05. The molecule has 2 rings (SSSR count). The van der Waals surface area contributed by atoms with Crippen LogP contribution in [0.2, 0.25) is 0 Å². The van der Waals surface area contributed by atoms with Crippen molar-refractivity contribution in [2.45, 2.75) is 64.8 Å². The van der Waals surface area contributed by atoms with Crippen LogP contribution in [0.3, 0.4) is 0 Å². The summed E-state index contributed by atoms with van der Waals surface area (Å²) in [6.45, 7) is 12.5. The second-order valence-corrected chi connectivity index (χ2v) is 7.34. The first-order chi connectivity index (χ1) is 9.97. The Kier molecular flexibility index (Phi) is 5.63. The number of likely N-dealkylation sites (tertiary alicyclic amines) is 1. The van der Waals surface area contributed by atoms with Crippen LogP contribution in [-0.2, 0) is 5.41 Å². The average molecular weight is 289 g/mol. The molecule has 118 valence electrons. The first-order valence-electron chi connectivity index (χ1n) is 8.41. The number of nitrogens with zero attached hydrogens (tertiary/aromatic N) is 2. The van der Waals surface area contributed by atoms with Gasteiger partial charge in [-0.3, -0.25) is 0 Å². The molecule has 1 unspecified atom stereocenters. The minimum atomic E-state index is 0.177. The standard InChI is InChI=1S/C18H31N3/c1-15-8-5-6-12-21(15)13-7-11-19-17-10-9-16(14-20-17)18(2,3)4/h9-10,14-15H,5-8,11-13H2,1-4H3,(H,19,20). The first kappa shape index (κ1) is 16.3. The Morgan fingerprint density at radius 2 is 2.10 bits per heavy atom. The zero-order valence-corrected chi connectivity index (χ0v) is 14.2. The van der Waals surface area contributed by atoms with Gasteiger partial charge in [0.2, 0.25) is 0 Å². The highest BCUT2D eigenvalue weighted by molar-refractivity contribution is 5.36. The van der Waals surface area contributed by atoms with Crippen molar-refractivity contribution in [3.63, 3.8) is 0 Å². The van der Waals surface area contributed by atoms with Crippen molar-refractivity contribution in [1.29, 1.82) is 0 Å². The van der Waals surface area contributed by atoms with E-state index >= 15 is 0 Å². The van der Waals surface area contributed by atoms with Gasteiger partial charge in [-0.05, 0) is 49.8 Å². The van der Waals surface area contributed by atoms with Gasteiger partial charge in [0.05, 0.1) is 0 Å². The highest BCUT2D eigenvalue weighted by atomic mass is 15.2. The van der Waals surface area contributed by atoms with Crippen LogP contribution in [0.4, 0.5) is 5.82 Å². The van der Waals surface area contributed by atoms with Crippen molar-refractivity contribution >= 4 is 5.82 Å². The van der Waals surface area contributed by atoms with Crippen molar-refractivity contribution in [2.75, 3.05) is 25.0 Å². The molecule has 1 atom stereocenters. The molecule has 1 aliphatic heterocycles. The number of piperidine rings is 1. The third-order valence-corrected chi connectivity index (χ3v) is 4.50. The molecule has 0 saturated carbocycles. The zero-order valence-electron chi connectivity index (χ0n) is 14.2. The van der Waals surface area contributed by atoms with E-state index in [4.69, 9.17) is 0 Å². The fourth-order valence-electron chi connectivity index (χ4n) is 2.93. The van der Waals surface area contributed by atoms with E-state index < -0.39 is 0 Å². The van der Waals surface area contributed by atoms with Crippen LogP contribution >= 0.6 is 0 Å². The van der Waals surface area contributed by atoms with E-state index in [2.05, 4.69) is 55.0 Å². The first-order valence-corrected chi connectivity index (χ1v) is 8.41. The molecule has 1 aromatic rings. The lowest BCUT2D eigenvalue weighted by atomic mass is 9.88. The molecular formula is C18H31N3. The maximum Gasteiger partial charge on any atom is 0.125 e. The van der Waals surface area contributed by atoms with Crippen LogP contribution in [-0.4, -0.2) is 35.6 Å². The predicted molar refractivity (Wildman–Crippen MR) is 90.9 cm³/mol. The molecule has 2 heterocycles. The molecule has 1 aromatic heterocycles. The zero-order chi connectivity index (χ0) is 15.3. The van der Waals surface area contributed by atoms with Crippen LogP contribution in [0.25, 0.3) is 0 Å². The molecule has 3 heteroatoms. The molecule has 0 spiro atoms. The summed E-state index contributed by atoms with van der Waals surface area (Å²) in [5.74, 6) is 0.995. The molecule has 0 bridgehead atoms. The van der Waals surface area contributed by atoms with Crippen molar-refractivity contribution in [3.05, 3.63) is 23.9 Å². The van der Waals surface area contributed by atoms with Gasteiger partial charge in [0.1, 0.15) is 5.82 Å². The van der Waals surface area contributed by atoms with Crippen LogP contribution in [0.15, 0.2) is 18.3 Å². The minimum absolute atomic E-state index is 0.177. The van der Waals surface area contributed by atoms with Crippen molar-refractivity contribution < 1.29 is 0 Å². The average Bonchev–Trinajstić information content (AvgIpc) is 2.45. The summed E-state index contributed by atoms with van der Waals surface area (Å²) in [7, 11) is 0. The molecular weight excluding hydrogens is 258 g/mol. The lowest BCUT2D eigenvalue weighted by molar-refractivity contribution is 0.160. The van der Waals surface area contributed by atoms with E-state index in [0.717, 1.165) is 18.4 Å². The Morgan fingerprint density at radius 3 is 2.71 bits per heavy atom. The summed E-state index contributed by atoms with van der Waals surface area (Å²) in [5.41, 5.74) is 1.46. The van der Waals surface area contributed by atoms with Gasteiger partial charge in [0, 0.05) is 25.3 Å². The molecule has 1 aliphatic rings. The SMILES string of the molecule is CC1CCCCN1CCCNc1ccc(C(C)(C)C)cn1. The third-order valence-electron chi connectivity index (χ3n) is 4.50.